The van der Waals surface area contributed by atoms with Gasteiger partial charge >= 0.3 is 0 Å². The van der Waals surface area contributed by atoms with Gasteiger partial charge in [-0.15, -0.1) is 21.8 Å². The maximum absolute atomic E-state index is 5.73. The Bertz CT molecular complexity index is 484. The van der Waals surface area contributed by atoms with Crippen LogP contribution in [0, 0.1) is 6.92 Å². The molecule has 0 atom stereocenters. The van der Waals surface area contributed by atoms with Crippen LogP contribution in [0.1, 0.15) is 11.4 Å². The van der Waals surface area contributed by atoms with Crippen molar-refractivity contribution in [2.75, 3.05) is 6.61 Å². The fourth-order valence-electron chi connectivity index (χ4n) is 1.54. The van der Waals surface area contributed by atoms with E-state index in [1.807, 2.05) is 35.8 Å². The third-order valence-corrected chi connectivity index (χ3v) is 2.64. The minimum absolute atomic E-state index is 0.366. The quantitative estimate of drug-likeness (QED) is 0.766. The molecule has 90 valence electrons. The second kappa shape index (κ2) is 5.68. The molecule has 0 aliphatic heterocycles. The first kappa shape index (κ1) is 11.9. The lowest BCUT2D eigenvalue weighted by Crippen LogP contribution is -2.09. The van der Waals surface area contributed by atoms with Crippen LogP contribution < -0.4 is 4.74 Å². The normalized spacial score (nSPS) is 10.5. The van der Waals surface area contributed by atoms with Crippen LogP contribution in [0.5, 0.6) is 5.75 Å². The molecule has 0 fully saturated rings. The molecule has 5 heteroatoms. The maximum atomic E-state index is 5.73. The molecule has 1 heterocycles. The average molecular weight is 252 g/mol. The van der Waals surface area contributed by atoms with Crippen LogP contribution in [0.15, 0.2) is 30.6 Å². The number of hydrogen-bond acceptors (Lipinski definition) is 3. The van der Waals surface area contributed by atoms with Gasteiger partial charge in [-0.25, -0.2) is 0 Å². The first-order valence-electron chi connectivity index (χ1n) is 5.41. The van der Waals surface area contributed by atoms with Gasteiger partial charge in [-0.3, -0.25) is 0 Å². The van der Waals surface area contributed by atoms with Crippen molar-refractivity contribution in [3.63, 3.8) is 0 Å². The predicted molar refractivity (Wildman–Crippen MR) is 66.3 cm³/mol. The van der Waals surface area contributed by atoms with Crippen LogP contribution >= 0.6 is 11.6 Å². The standard InChI is InChI=1S/C12H14ClN3O/c1-10-3-2-4-11(7-10)17-6-5-16-9-14-15-12(16)8-13/h2-4,7,9H,5-6,8H2,1H3. The van der Waals surface area contributed by atoms with Crippen LogP contribution in [0.3, 0.4) is 0 Å². The van der Waals surface area contributed by atoms with Crippen molar-refractivity contribution < 1.29 is 4.74 Å². The minimum Gasteiger partial charge on any atom is -0.492 e. The van der Waals surface area contributed by atoms with Gasteiger partial charge in [-0.1, -0.05) is 12.1 Å². The Balaban J connectivity index is 1.87. The Labute approximate surface area is 105 Å². The van der Waals surface area contributed by atoms with Crippen molar-refractivity contribution in [3.8, 4) is 5.75 Å². The Morgan fingerprint density at radius 1 is 1.41 bits per heavy atom. The van der Waals surface area contributed by atoms with Crippen molar-refractivity contribution >= 4 is 11.6 Å². The second-order valence-corrected chi connectivity index (χ2v) is 4.01. The van der Waals surface area contributed by atoms with Crippen molar-refractivity contribution in [3.05, 3.63) is 42.0 Å². The lowest BCUT2D eigenvalue weighted by molar-refractivity contribution is 0.296. The van der Waals surface area contributed by atoms with Crippen LogP contribution in [-0.4, -0.2) is 21.4 Å². The van der Waals surface area contributed by atoms with E-state index < -0.39 is 0 Å². The number of ether oxygens (including phenoxy) is 1. The number of nitrogens with zero attached hydrogens (tertiary/aromatic N) is 3. The van der Waals surface area contributed by atoms with E-state index >= 15 is 0 Å². The summed E-state index contributed by atoms with van der Waals surface area (Å²) in [6, 6.07) is 7.97. The smallest absolute Gasteiger partial charge is 0.147 e. The highest BCUT2D eigenvalue weighted by Gasteiger charge is 2.02. The third kappa shape index (κ3) is 3.20. The third-order valence-electron chi connectivity index (χ3n) is 2.41. The molecule has 0 spiro atoms. The number of aromatic nitrogens is 3. The molecule has 2 rings (SSSR count). The van der Waals surface area contributed by atoms with Gasteiger partial charge in [0.1, 0.15) is 24.5 Å². The zero-order chi connectivity index (χ0) is 12.1. The Kier molecular flexibility index (Phi) is 3.98. The van der Waals surface area contributed by atoms with Crippen LogP contribution in [0.4, 0.5) is 0 Å². The summed E-state index contributed by atoms with van der Waals surface area (Å²) in [6.45, 7) is 3.31. The fraction of sp³-hybridized carbons (Fsp3) is 0.333. The van der Waals surface area contributed by atoms with E-state index in [0.29, 0.717) is 19.0 Å². The van der Waals surface area contributed by atoms with E-state index in [-0.39, 0.29) is 0 Å². The van der Waals surface area contributed by atoms with E-state index in [4.69, 9.17) is 16.3 Å². The highest BCUT2D eigenvalue weighted by atomic mass is 35.5. The summed E-state index contributed by atoms with van der Waals surface area (Å²) in [7, 11) is 0. The van der Waals surface area contributed by atoms with Gasteiger partial charge < -0.3 is 9.30 Å². The van der Waals surface area contributed by atoms with Gasteiger partial charge in [0.25, 0.3) is 0 Å². The highest BCUT2D eigenvalue weighted by molar-refractivity contribution is 6.16. The van der Waals surface area contributed by atoms with E-state index in [2.05, 4.69) is 10.2 Å². The Morgan fingerprint density at radius 3 is 3.06 bits per heavy atom. The summed E-state index contributed by atoms with van der Waals surface area (Å²) in [6.07, 6.45) is 1.66. The van der Waals surface area contributed by atoms with Crippen molar-refractivity contribution in [2.45, 2.75) is 19.3 Å². The molecule has 0 bridgehead atoms. The molecule has 17 heavy (non-hydrogen) atoms. The van der Waals surface area contributed by atoms with E-state index in [9.17, 15) is 0 Å². The summed E-state index contributed by atoms with van der Waals surface area (Å²) in [5.74, 6) is 2.01. The molecule has 0 N–H and O–H groups in total. The average Bonchev–Trinajstić information content (AvgIpc) is 2.77. The van der Waals surface area contributed by atoms with Crippen LogP contribution in [0.2, 0.25) is 0 Å². The lowest BCUT2D eigenvalue weighted by atomic mass is 10.2. The molecule has 4 nitrogen and oxygen atoms in total. The molecule has 2 aromatic rings. The zero-order valence-electron chi connectivity index (χ0n) is 9.64. The summed E-state index contributed by atoms with van der Waals surface area (Å²) in [5, 5.41) is 7.71. The Hall–Kier alpha value is -1.55. The largest absolute Gasteiger partial charge is 0.492 e. The molecule has 1 aromatic heterocycles. The fourth-order valence-corrected chi connectivity index (χ4v) is 1.74. The van der Waals surface area contributed by atoms with Crippen molar-refractivity contribution in [1.82, 2.24) is 14.8 Å². The predicted octanol–water partition coefficient (Wildman–Crippen LogP) is 2.40. The number of alkyl halides is 1. The van der Waals surface area contributed by atoms with E-state index in [1.165, 1.54) is 5.56 Å². The van der Waals surface area contributed by atoms with Gasteiger partial charge in [0.2, 0.25) is 0 Å². The zero-order valence-corrected chi connectivity index (χ0v) is 10.4. The molecular weight excluding hydrogens is 238 g/mol. The molecule has 0 radical (unpaired) electrons. The van der Waals surface area contributed by atoms with Crippen molar-refractivity contribution in [2.24, 2.45) is 0 Å². The number of hydrogen-bond donors (Lipinski definition) is 0. The molecule has 0 aliphatic rings. The maximum Gasteiger partial charge on any atom is 0.147 e. The highest BCUT2D eigenvalue weighted by Crippen LogP contribution is 2.12. The summed E-state index contributed by atoms with van der Waals surface area (Å²) in [5.41, 5.74) is 1.19. The van der Waals surface area contributed by atoms with E-state index in [1.54, 1.807) is 6.33 Å². The monoisotopic (exact) mass is 251 g/mol. The summed E-state index contributed by atoms with van der Waals surface area (Å²) >= 11 is 5.73. The number of rotatable bonds is 5. The van der Waals surface area contributed by atoms with Gasteiger partial charge in [-0.05, 0) is 24.6 Å². The van der Waals surface area contributed by atoms with Gasteiger partial charge in [0.05, 0.1) is 12.4 Å². The lowest BCUT2D eigenvalue weighted by Gasteiger charge is -2.08. The topological polar surface area (TPSA) is 39.9 Å². The molecule has 0 unspecified atom stereocenters. The van der Waals surface area contributed by atoms with E-state index in [0.717, 1.165) is 11.6 Å². The molecular formula is C12H14ClN3O. The number of aryl methyl sites for hydroxylation is 1. The minimum atomic E-state index is 0.366. The molecule has 0 saturated heterocycles. The molecule has 0 aliphatic carbocycles. The SMILES string of the molecule is Cc1cccc(OCCn2cnnc2CCl)c1. The number of halogens is 1. The summed E-state index contributed by atoms with van der Waals surface area (Å²) < 4.78 is 7.53. The summed E-state index contributed by atoms with van der Waals surface area (Å²) in [4.78, 5) is 0. The molecule has 0 amide bonds. The van der Waals surface area contributed by atoms with Gasteiger partial charge in [0, 0.05) is 0 Å². The second-order valence-electron chi connectivity index (χ2n) is 3.74. The molecule has 0 saturated carbocycles. The van der Waals surface area contributed by atoms with Crippen LogP contribution in [0.25, 0.3) is 0 Å². The Morgan fingerprint density at radius 2 is 2.29 bits per heavy atom. The first-order chi connectivity index (χ1) is 8.29. The number of benzene rings is 1. The van der Waals surface area contributed by atoms with Crippen LogP contribution in [-0.2, 0) is 12.4 Å². The van der Waals surface area contributed by atoms with Gasteiger partial charge in [-0.2, -0.15) is 0 Å². The van der Waals surface area contributed by atoms with Crippen molar-refractivity contribution in [1.29, 1.82) is 0 Å². The van der Waals surface area contributed by atoms with Gasteiger partial charge in [0.15, 0.2) is 0 Å². The molecule has 1 aromatic carbocycles. The first-order valence-corrected chi connectivity index (χ1v) is 5.95.